The van der Waals surface area contributed by atoms with Crippen molar-refractivity contribution in [3.05, 3.63) is 46.6 Å². The number of ether oxygens (including phenoxy) is 4. The van der Waals surface area contributed by atoms with Crippen molar-refractivity contribution < 1.29 is 36.9 Å². The van der Waals surface area contributed by atoms with Crippen LogP contribution in [0, 0.1) is 0 Å². The molecule has 0 saturated heterocycles. The molecular weight excluding hydrogens is 451 g/mol. The second-order valence-corrected chi connectivity index (χ2v) is 7.36. The summed E-state index contributed by atoms with van der Waals surface area (Å²) in [5.74, 6) is 0.133. The Labute approximate surface area is 189 Å². The first-order valence-electron chi connectivity index (χ1n) is 10.0. The van der Waals surface area contributed by atoms with Gasteiger partial charge in [0.05, 0.1) is 24.9 Å². The largest absolute Gasteiger partial charge is 0.491 e. The summed E-state index contributed by atoms with van der Waals surface area (Å²) in [5, 5.41) is -0.298. The molecule has 10 heteroatoms. The first-order chi connectivity index (χ1) is 15.1. The third-order valence-corrected chi connectivity index (χ3v) is 4.36. The zero-order valence-electron chi connectivity index (χ0n) is 18.0. The van der Waals surface area contributed by atoms with Crippen LogP contribution in [0.15, 0.2) is 30.5 Å². The predicted octanol–water partition coefficient (Wildman–Crippen LogP) is 5.85. The topological polar surface area (TPSA) is 66.9 Å². The van der Waals surface area contributed by atoms with Gasteiger partial charge in [-0.05, 0) is 44.9 Å². The first-order valence-corrected chi connectivity index (χ1v) is 10.4. The molecule has 1 aromatic heterocycles. The van der Waals surface area contributed by atoms with Gasteiger partial charge in [-0.3, -0.25) is 4.79 Å². The second-order valence-electron chi connectivity index (χ2n) is 6.95. The monoisotopic (exact) mass is 475 g/mol. The first kappa shape index (κ1) is 25.7. The van der Waals surface area contributed by atoms with E-state index in [1.807, 2.05) is 13.8 Å². The maximum Gasteiger partial charge on any atom is 0.417 e. The van der Waals surface area contributed by atoms with Gasteiger partial charge >= 0.3 is 12.1 Å². The summed E-state index contributed by atoms with van der Waals surface area (Å²) in [4.78, 5) is 15.4. The molecule has 6 nitrogen and oxygen atoms in total. The van der Waals surface area contributed by atoms with E-state index in [1.54, 1.807) is 25.1 Å². The number of hydrogen-bond acceptors (Lipinski definition) is 6. The molecule has 0 radical (unpaired) electrons. The molecule has 0 bridgehead atoms. The fourth-order valence-corrected chi connectivity index (χ4v) is 2.80. The minimum absolute atomic E-state index is 0.0654. The molecule has 32 heavy (non-hydrogen) atoms. The van der Waals surface area contributed by atoms with Gasteiger partial charge in [-0.15, -0.1) is 0 Å². The number of carbonyl (C=O) groups is 1. The second kappa shape index (κ2) is 11.9. The molecule has 0 spiro atoms. The number of carbonyl (C=O) groups excluding carboxylic acids is 1. The van der Waals surface area contributed by atoms with E-state index in [-0.39, 0.29) is 48.2 Å². The number of nitrogens with zero attached hydrogens (tertiary/aromatic N) is 1. The van der Waals surface area contributed by atoms with E-state index in [0.29, 0.717) is 30.7 Å². The zero-order chi connectivity index (χ0) is 23.7. The molecule has 0 fully saturated rings. The zero-order valence-corrected chi connectivity index (χ0v) is 18.8. The van der Waals surface area contributed by atoms with Crippen molar-refractivity contribution in [2.45, 2.75) is 45.9 Å². The smallest absolute Gasteiger partial charge is 0.417 e. The van der Waals surface area contributed by atoms with E-state index in [0.717, 1.165) is 6.07 Å². The molecule has 0 atom stereocenters. The molecular formula is C22H25ClF3NO5. The van der Waals surface area contributed by atoms with Gasteiger partial charge in [0.1, 0.15) is 23.1 Å². The highest BCUT2D eigenvalue weighted by atomic mass is 35.5. The molecule has 0 aliphatic carbocycles. The number of alkyl halides is 3. The molecule has 2 rings (SSSR count). The quantitative estimate of drug-likeness (QED) is 0.300. The van der Waals surface area contributed by atoms with Gasteiger partial charge in [0, 0.05) is 18.7 Å². The summed E-state index contributed by atoms with van der Waals surface area (Å²) >= 11 is 5.97. The van der Waals surface area contributed by atoms with Gasteiger partial charge in [0.25, 0.3) is 0 Å². The third kappa shape index (κ3) is 8.20. The van der Waals surface area contributed by atoms with Gasteiger partial charge in [-0.1, -0.05) is 17.7 Å². The van der Waals surface area contributed by atoms with Crippen molar-refractivity contribution in [2.75, 3.05) is 19.8 Å². The van der Waals surface area contributed by atoms with Crippen LogP contribution in [0.1, 0.15) is 38.3 Å². The number of aryl methyl sites for hydroxylation is 1. The number of rotatable bonds is 11. The Hall–Kier alpha value is -2.52. The summed E-state index contributed by atoms with van der Waals surface area (Å²) in [6.45, 7) is 6.46. The summed E-state index contributed by atoms with van der Waals surface area (Å²) in [7, 11) is 0. The lowest BCUT2D eigenvalue weighted by Crippen LogP contribution is -2.11. The van der Waals surface area contributed by atoms with Crippen LogP contribution in [0.5, 0.6) is 17.4 Å². The summed E-state index contributed by atoms with van der Waals surface area (Å²) in [6, 6.07) is 5.70. The molecule has 0 unspecified atom stereocenters. The Bertz CT molecular complexity index is 906. The van der Waals surface area contributed by atoms with Crippen LogP contribution >= 0.6 is 11.6 Å². The van der Waals surface area contributed by atoms with Crippen LogP contribution < -0.4 is 9.47 Å². The van der Waals surface area contributed by atoms with Gasteiger partial charge in [0.15, 0.2) is 0 Å². The average molecular weight is 476 g/mol. The van der Waals surface area contributed by atoms with Gasteiger partial charge in [-0.2, -0.15) is 13.2 Å². The third-order valence-electron chi connectivity index (χ3n) is 4.09. The van der Waals surface area contributed by atoms with Crippen molar-refractivity contribution in [2.24, 2.45) is 0 Å². The van der Waals surface area contributed by atoms with Crippen molar-refractivity contribution in [1.82, 2.24) is 4.98 Å². The summed E-state index contributed by atoms with van der Waals surface area (Å²) < 4.78 is 60.3. The molecule has 176 valence electrons. The lowest BCUT2D eigenvalue weighted by molar-refractivity contribution is -0.143. The molecule has 2 aromatic rings. The molecule has 1 heterocycles. The van der Waals surface area contributed by atoms with Crippen molar-refractivity contribution >= 4 is 17.6 Å². The van der Waals surface area contributed by atoms with Crippen LogP contribution in [0.25, 0.3) is 0 Å². The van der Waals surface area contributed by atoms with E-state index < -0.39 is 11.7 Å². The van der Waals surface area contributed by atoms with E-state index in [4.69, 9.17) is 30.5 Å². The van der Waals surface area contributed by atoms with Crippen molar-refractivity contribution in [3.63, 3.8) is 0 Å². The minimum atomic E-state index is -4.58. The fraction of sp³-hybridized carbons (Fsp3) is 0.455. The number of benzene rings is 1. The minimum Gasteiger partial charge on any atom is -0.491 e. The number of aromatic nitrogens is 1. The Morgan fingerprint density at radius 1 is 1.19 bits per heavy atom. The summed E-state index contributed by atoms with van der Waals surface area (Å²) in [5.41, 5.74) is -0.374. The van der Waals surface area contributed by atoms with Gasteiger partial charge < -0.3 is 18.9 Å². The van der Waals surface area contributed by atoms with E-state index >= 15 is 0 Å². The van der Waals surface area contributed by atoms with Crippen LogP contribution in [0.4, 0.5) is 13.2 Å². The Morgan fingerprint density at radius 3 is 2.56 bits per heavy atom. The Morgan fingerprint density at radius 2 is 1.94 bits per heavy atom. The van der Waals surface area contributed by atoms with Gasteiger partial charge in [0.2, 0.25) is 5.88 Å². The van der Waals surface area contributed by atoms with Crippen LogP contribution in [-0.4, -0.2) is 36.9 Å². The number of esters is 1. The predicted molar refractivity (Wildman–Crippen MR) is 112 cm³/mol. The molecule has 0 amide bonds. The Kier molecular flexibility index (Phi) is 9.59. The number of pyridine rings is 1. The van der Waals surface area contributed by atoms with E-state index in [2.05, 4.69) is 4.98 Å². The van der Waals surface area contributed by atoms with Gasteiger partial charge in [-0.25, -0.2) is 4.98 Å². The van der Waals surface area contributed by atoms with Crippen molar-refractivity contribution in [1.29, 1.82) is 0 Å². The highest BCUT2D eigenvalue weighted by Gasteiger charge is 2.32. The molecule has 0 N–H and O–H groups in total. The Balaban J connectivity index is 2.23. The highest BCUT2D eigenvalue weighted by molar-refractivity contribution is 6.31. The fourth-order valence-electron chi connectivity index (χ4n) is 2.60. The molecule has 0 aliphatic rings. The lowest BCUT2D eigenvalue weighted by Gasteiger charge is -2.15. The van der Waals surface area contributed by atoms with Crippen LogP contribution in [-0.2, 0) is 26.9 Å². The number of halogens is 4. The van der Waals surface area contributed by atoms with Crippen LogP contribution in [0.3, 0.4) is 0 Å². The molecule has 0 saturated carbocycles. The molecule has 0 aliphatic heterocycles. The number of hydrogen-bond donors (Lipinski definition) is 0. The maximum absolute atomic E-state index is 12.9. The molecule has 1 aromatic carbocycles. The van der Waals surface area contributed by atoms with Crippen molar-refractivity contribution in [3.8, 4) is 17.4 Å². The maximum atomic E-state index is 12.9. The normalized spacial score (nSPS) is 11.5. The van der Waals surface area contributed by atoms with E-state index in [9.17, 15) is 18.0 Å². The lowest BCUT2D eigenvalue weighted by atomic mass is 10.1. The highest BCUT2D eigenvalue weighted by Crippen LogP contribution is 2.36. The standard InChI is InChI=1S/C22H25ClF3NO5/c1-4-29-20(28)8-6-15-5-7-17(31-10-9-30-14(2)3)12-19(15)32-21-18(23)11-16(13-27-21)22(24,25)26/h5,7,11-14H,4,6,8-10H2,1-3H3. The van der Waals surface area contributed by atoms with Crippen LogP contribution in [0.2, 0.25) is 5.02 Å². The summed E-state index contributed by atoms with van der Waals surface area (Å²) in [6.07, 6.45) is -3.49. The SMILES string of the molecule is CCOC(=O)CCc1ccc(OCCOC(C)C)cc1Oc1ncc(C(F)(F)F)cc1Cl. The average Bonchev–Trinajstić information content (AvgIpc) is 2.71. The van der Waals surface area contributed by atoms with E-state index in [1.165, 1.54) is 0 Å².